The van der Waals surface area contributed by atoms with E-state index in [9.17, 15) is 9.59 Å². The lowest BCUT2D eigenvalue weighted by Crippen LogP contribution is -2.29. The fourth-order valence-electron chi connectivity index (χ4n) is 1.61. The monoisotopic (exact) mass is 360 g/mol. The number of rotatable bonds is 4. The summed E-state index contributed by atoms with van der Waals surface area (Å²) in [4.78, 5) is 25.6. The van der Waals surface area contributed by atoms with Gasteiger partial charge in [0.25, 0.3) is 11.5 Å². The number of aromatic nitrogens is 1. The quantitative estimate of drug-likeness (QED) is 0.818. The lowest BCUT2D eigenvalue weighted by atomic mass is 10.2. The fraction of sp³-hybridized carbons (Fsp3) is 0.125. The number of pyridine rings is 1. The first-order chi connectivity index (χ1) is 10.7. The number of benzene rings is 1. The van der Waals surface area contributed by atoms with Crippen molar-refractivity contribution in [1.29, 1.82) is 0 Å². The Hall–Kier alpha value is -2.52. The van der Waals surface area contributed by atoms with Crippen LogP contribution in [0.2, 0.25) is 0 Å². The van der Waals surface area contributed by atoms with Crippen LogP contribution in [0, 0.1) is 11.8 Å². The second-order valence-electron chi connectivity index (χ2n) is 4.20. The summed E-state index contributed by atoms with van der Waals surface area (Å²) in [5, 5.41) is 2.55. The van der Waals surface area contributed by atoms with Crippen molar-refractivity contribution in [2.75, 3.05) is 13.2 Å². The summed E-state index contributed by atoms with van der Waals surface area (Å²) in [5.41, 5.74) is -0.361. The Kier molecular flexibility index (Phi) is 5.81. The molecule has 1 heterocycles. The maximum atomic E-state index is 11.7. The number of carbonyl (C=O) groups excluding carboxylic acids is 1. The molecule has 2 N–H and O–H groups in total. The van der Waals surface area contributed by atoms with Crippen molar-refractivity contribution >= 4 is 21.8 Å². The first-order valence-electron chi connectivity index (χ1n) is 6.47. The number of hydrogen-bond donors (Lipinski definition) is 2. The number of ether oxygens (including phenoxy) is 1. The van der Waals surface area contributed by atoms with Gasteiger partial charge in [-0.05, 0) is 30.3 Å². The summed E-state index contributed by atoms with van der Waals surface area (Å²) in [6, 6.07) is 10.5. The van der Waals surface area contributed by atoms with E-state index in [-0.39, 0.29) is 18.7 Å². The van der Waals surface area contributed by atoms with Crippen molar-refractivity contribution in [2.24, 2.45) is 0 Å². The highest BCUT2D eigenvalue weighted by Gasteiger charge is 2.07. The van der Waals surface area contributed by atoms with E-state index in [4.69, 9.17) is 4.74 Å². The van der Waals surface area contributed by atoms with Gasteiger partial charge in [-0.1, -0.05) is 33.8 Å². The third-order valence-corrected chi connectivity index (χ3v) is 3.13. The minimum Gasteiger partial charge on any atom is -0.481 e. The molecule has 0 aliphatic carbocycles. The SMILES string of the molecule is O=C(NCC#CCOc1cccc(Br)c1)c1ccc[nH]c1=O. The molecule has 0 bridgehead atoms. The van der Waals surface area contributed by atoms with E-state index in [0.717, 1.165) is 4.47 Å². The average molecular weight is 361 g/mol. The Bertz CT molecular complexity index is 774. The molecule has 0 saturated carbocycles. The van der Waals surface area contributed by atoms with Gasteiger partial charge < -0.3 is 15.0 Å². The summed E-state index contributed by atoms with van der Waals surface area (Å²) >= 11 is 3.35. The van der Waals surface area contributed by atoms with Gasteiger partial charge in [-0.15, -0.1) is 0 Å². The summed E-state index contributed by atoms with van der Waals surface area (Å²) in [7, 11) is 0. The zero-order valence-corrected chi connectivity index (χ0v) is 13.1. The molecular weight excluding hydrogens is 348 g/mol. The number of hydrogen-bond acceptors (Lipinski definition) is 3. The third kappa shape index (κ3) is 4.79. The van der Waals surface area contributed by atoms with Gasteiger partial charge in [0.15, 0.2) is 0 Å². The lowest BCUT2D eigenvalue weighted by molar-refractivity contribution is 0.0957. The number of carbonyl (C=O) groups is 1. The average Bonchev–Trinajstić information content (AvgIpc) is 2.51. The molecule has 6 heteroatoms. The minimum absolute atomic E-state index is 0.0645. The van der Waals surface area contributed by atoms with E-state index < -0.39 is 11.5 Å². The van der Waals surface area contributed by atoms with Crippen molar-refractivity contribution in [3.63, 3.8) is 0 Å². The van der Waals surface area contributed by atoms with Gasteiger partial charge in [-0.2, -0.15) is 0 Å². The number of nitrogens with one attached hydrogen (secondary N) is 2. The first kappa shape index (κ1) is 15.9. The van der Waals surface area contributed by atoms with Crippen molar-refractivity contribution in [3.05, 3.63) is 63.0 Å². The Morgan fingerprint density at radius 3 is 2.91 bits per heavy atom. The van der Waals surface area contributed by atoms with Crippen LogP contribution in [-0.4, -0.2) is 24.0 Å². The summed E-state index contributed by atoms with van der Waals surface area (Å²) in [5.74, 6) is 5.80. The van der Waals surface area contributed by atoms with Crippen molar-refractivity contribution in [2.45, 2.75) is 0 Å². The van der Waals surface area contributed by atoms with Gasteiger partial charge in [0.2, 0.25) is 0 Å². The predicted molar refractivity (Wildman–Crippen MR) is 86.8 cm³/mol. The van der Waals surface area contributed by atoms with Crippen molar-refractivity contribution < 1.29 is 9.53 Å². The van der Waals surface area contributed by atoms with E-state index in [1.807, 2.05) is 24.3 Å². The highest BCUT2D eigenvalue weighted by Crippen LogP contribution is 2.17. The summed E-state index contributed by atoms with van der Waals surface area (Å²) in [6.07, 6.45) is 1.47. The van der Waals surface area contributed by atoms with Gasteiger partial charge in [0.1, 0.15) is 17.9 Å². The zero-order chi connectivity index (χ0) is 15.8. The molecular formula is C16H13BrN2O3. The van der Waals surface area contributed by atoms with E-state index in [1.54, 1.807) is 6.07 Å². The largest absolute Gasteiger partial charge is 0.481 e. The Labute approximate surface area is 135 Å². The van der Waals surface area contributed by atoms with Crippen molar-refractivity contribution in [3.8, 4) is 17.6 Å². The Balaban J connectivity index is 1.77. The second kappa shape index (κ2) is 8.05. The number of amides is 1. The third-order valence-electron chi connectivity index (χ3n) is 2.63. The molecule has 2 aromatic rings. The molecule has 22 heavy (non-hydrogen) atoms. The van der Waals surface area contributed by atoms with Crippen LogP contribution in [0.3, 0.4) is 0 Å². The molecule has 0 saturated heterocycles. The smallest absolute Gasteiger partial charge is 0.260 e. The summed E-state index contributed by atoms with van der Waals surface area (Å²) < 4.78 is 6.36. The molecule has 0 atom stereocenters. The first-order valence-corrected chi connectivity index (χ1v) is 7.26. The van der Waals surface area contributed by atoms with Crippen LogP contribution in [-0.2, 0) is 0 Å². The molecule has 5 nitrogen and oxygen atoms in total. The number of H-pyrrole nitrogens is 1. The molecule has 2 rings (SSSR count). The molecule has 1 amide bonds. The van der Waals surface area contributed by atoms with E-state index in [1.165, 1.54) is 12.3 Å². The molecule has 0 spiro atoms. The van der Waals surface area contributed by atoms with E-state index >= 15 is 0 Å². The molecule has 0 aliphatic heterocycles. The molecule has 1 aromatic heterocycles. The second-order valence-corrected chi connectivity index (χ2v) is 5.11. The number of halogens is 1. The molecule has 1 aromatic carbocycles. The molecule has 112 valence electrons. The highest BCUT2D eigenvalue weighted by molar-refractivity contribution is 9.10. The molecule has 0 unspecified atom stereocenters. The Morgan fingerprint density at radius 2 is 2.14 bits per heavy atom. The number of aromatic amines is 1. The highest BCUT2D eigenvalue weighted by atomic mass is 79.9. The zero-order valence-electron chi connectivity index (χ0n) is 11.6. The normalized spacial score (nSPS) is 9.50. The van der Waals surface area contributed by atoms with Gasteiger partial charge in [-0.3, -0.25) is 9.59 Å². The van der Waals surface area contributed by atoms with E-state index in [0.29, 0.717) is 5.75 Å². The van der Waals surface area contributed by atoms with Gasteiger partial charge >= 0.3 is 0 Å². The van der Waals surface area contributed by atoms with Crippen LogP contribution < -0.4 is 15.6 Å². The maximum absolute atomic E-state index is 11.7. The van der Waals surface area contributed by atoms with Crippen LogP contribution in [0.25, 0.3) is 0 Å². The van der Waals surface area contributed by atoms with Gasteiger partial charge in [0.05, 0.1) is 6.54 Å². The molecule has 0 radical (unpaired) electrons. The predicted octanol–water partition coefficient (Wildman–Crippen LogP) is 1.95. The van der Waals surface area contributed by atoms with Crippen LogP contribution in [0.1, 0.15) is 10.4 Å². The summed E-state index contributed by atoms with van der Waals surface area (Å²) in [6.45, 7) is 0.368. The fourth-order valence-corrected chi connectivity index (χ4v) is 1.99. The van der Waals surface area contributed by atoms with Crippen molar-refractivity contribution in [1.82, 2.24) is 10.3 Å². The van der Waals surface area contributed by atoms with Gasteiger partial charge in [0, 0.05) is 10.7 Å². The standard InChI is InChI=1S/C16H13BrN2O3/c17-12-5-3-6-13(11-12)22-10-2-1-8-18-15(20)14-7-4-9-19-16(14)21/h3-7,9,11H,8,10H2,(H,18,20)(H,19,21). The maximum Gasteiger partial charge on any atom is 0.260 e. The molecule has 0 fully saturated rings. The molecule has 0 aliphatic rings. The van der Waals surface area contributed by atoms with Crippen LogP contribution >= 0.6 is 15.9 Å². The van der Waals surface area contributed by atoms with Crippen LogP contribution in [0.4, 0.5) is 0 Å². The minimum atomic E-state index is -0.455. The van der Waals surface area contributed by atoms with E-state index in [2.05, 4.69) is 38.1 Å². The lowest BCUT2D eigenvalue weighted by Gasteiger charge is -2.01. The van der Waals surface area contributed by atoms with Crippen LogP contribution in [0.15, 0.2) is 51.9 Å². The van der Waals surface area contributed by atoms with Gasteiger partial charge in [-0.25, -0.2) is 0 Å². The topological polar surface area (TPSA) is 71.2 Å². The van der Waals surface area contributed by atoms with Crippen LogP contribution in [0.5, 0.6) is 5.75 Å². The Morgan fingerprint density at radius 1 is 1.27 bits per heavy atom.